The Labute approximate surface area is 169 Å². The Morgan fingerprint density at radius 1 is 1.21 bits per heavy atom. The lowest BCUT2D eigenvalue weighted by atomic mass is 10.0. The molecule has 1 amide bonds. The third-order valence-electron chi connectivity index (χ3n) is 4.69. The number of hydrogen-bond acceptors (Lipinski definition) is 5. The first kappa shape index (κ1) is 20.2. The van der Waals surface area contributed by atoms with Crippen LogP contribution in [0.5, 0.6) is 0 Å². The van der Waals surface area contributed by atoms with Crippen molar-refractivity contribution in [2.24, 2.45) is 0 Å². The van der Waals surface area contributed by atoms with Gasteiger partial charge in [0.15, 0.2) is 11.0 Å². The molecule has 3 aromatic rings. The van der Waals surface area contributed by atoms with Gasteiger partial charge in [-0.2, -0.15) is 0 Å². The predicted octanol–water partition coefficient (Wildman–Crippen LogP) is 4.29. The first-order valence-corrected chi connectivity index (χ1v) is 10.3. The molecule has 0 radical (unpaired) electrons. The number of thioether (sulfide) groups is 1. The summed E-state index contributed by atoms with van der Waals surface area (Å²) >= 11 is 1.40. The molecule has 148 valence electrons. The van der Waals surface area contributed by atoms with E-state index in [9.17, 15) is 4.79 Å². The van der Waals surface area contributed by atoms with Crippen LogP contribution in [0.1, 0.15) is 38.5 Å². The number of amides is 1. The number of aromatic nitrogens is 3. The largest absolute Gasteiger partial charge is 0.469 e. The third kappa shape index (κ3) is 4.84. The van der Waals surface area contributed by atoms with Crippen LogP contribution < -0.4 is 5.32 Å². The van der Waals surface area contributed by atoms with Crippen LogP contribution in [-0.2, 0) is 11.3 Å². The molecular weight excluding hydrogens is 372 g/mol. The third-order valence-corrected chi connectivity index (χ3v) is 5.66. The molecule has 0 aliphatic rings. The fraction of sp³-hybridized carbons (Fsp3) is 0.381. The predicted molar refractivity (Wildman–Crippen MR) is 111 cm³/mol. The summed E-state index contributed by atoms with van der Waals surface area (Å²) in [6, 6.07) is 12.0. The van der Waals surface area contributed by atoms with Crippen molar-refractivity contribution in [3.8, 4) is 11.4 Å². The molecule has 0 saturated heterocycles. The molecule has 6 nitrogen and oxygen atoms in total. The summed E-state index contributed by atoms with van der Waals surface area (Å²) in [4.78, 5) is 12.3. The van der Waals surface area contributed by atoms with E-state index in [0.717, 1.165) is 29.1 Å². The van der Waals surface area contributed by atoms with Gasteiger partial charge < -0.3 is 9.73 Å². The van der Waals surface area contributed by atoms with Crippen LogP contribution in [0.3, 0.4) is 0 Å². The molecule has 1 aromatic carbocycles. The van der Waals surface area contributed by atoms with Gasteiger partial charge in [0, 0.05) is 5.54 Å². The number of nitrogens with one attached hydrogen (secondary N) is 1. The van der Waals surface area contributed by atoms with Gasteiger partial charge in [-0.15, -0.1) is 10.2 Å². The Bertz CT molecular complexity index is 931. The lowest BCUT2D eigenvalue weighted by Crippen LogP contribution is -2.43. The zero-order valence-corrected chi connectivity index (χ0v) is 17.5. The average molecular weight is 399 g/mol. The van der Waals surface area contributed by atoms with Crippen LogP contribution in [-0.4, -0.2) is 32.0 Å². The molecular formula is C21H26N4O2S. The lowest BCUT2D eigenvalue weighted by Gasteiger charge is -2.24. The normalized spacial score (nSPS) is 11.6. The number of rotatable bonds is 8. The van der Waals surface area contributed by atoms with E-state index in [-0.39, 0.29) is 11.4 Å². The van der Waals surface area contributed by atoms with Crippen molar-refractivity contribution in [3.63, 3.8) is 0 Å². The monoisotopic (exact) mass is 398 g/mol. The molecule has 1 N–H and O–H groups in total. The standard InChI is InChI=1S/C21H26N4O2S/c1-5-21(3,4)22-18(26)14-28-20-24-23-19(17-11-12-27-15(17)2)25(20)13-16-9-7-6-8-10-16/h6-12H,5,13-14H2,1-4H3,(H,22,26). The van der Waals surface area contributed by atoms with Crippen molar-refractivity contribution in [1.82, 2.24) is 20.1 Å². The molecule has 0 atom stereocenters. The Kier molecular flexibility index (Phi) is 6.24. The SMILES string of the molecule is CCC(C)(C)NC(=O)CSc1nnc(-c2ccoc2C)n1Cc1ccccc1. The van der Waals surface area contributed by atoms with Crippen molar-refractivity contribution < 1.29 is 9.21 Å². The van der Waals surface area contributed by atoms with Crippen molar-refractivity contribution in [3.05, 3.63) is 54.0 Å². The van der Waals surface area contributed by atoms with E-state index in [0.29, 0.717) is 17.5 Å². The van der Waals surface area contributed by atoms with Gasteiger partial charge in [0.1, 0.15) is 5.76 Å². The fourth-order valence-corrected chi connectivity index (χ4v) is 3.49. The second kappa shape index (κ2) is 8.65. The highest BCUT2D eigenvalue weighted by Gasteiger charge is 2.21. The van der Waals surface area contributed by atoms with E-state index in [1.807, 2.05) is 49.6 Å². The Morgan fingerprint density at radius 2 is 1.96 bits per heavy atom. The topological polar surface area (TPSA) is 73.0 Å². The minimum atomic E-state index is -0.214. The summed E-state index contributed by atoms with van der Waals surface area (Å²) in [6.45, 7) is 8.63. The lowest BCUT2D eigenvalue weighted by molar-refractivity contribution is -0.120. The number of carbonyl (C=O) groups is 1. The summed E-state index contributed by atoms with van der Waals surface area (Å²) in [5.74, 6) is 1.82. The average Bonchev–Trinajstić information content (AvgIpc) is 3.26. The van der Waals surface area contributed by atoms with Crippen LogP contribution >= 0.6 is 11.8 Å². The van der Waals surface area contributed by atoms with Gasteiger partial charge in [0.2, 0.25) is 5.91 Å². The highest BCUT2D eigenvalue weighted by Crippen LogP contribution is 2.28. The molecule has 28 heavy (non-hydrogen) atoms. The number of hydrogen-bond donors (Lipinski definition) is 1. The van der Waals surface area contributed by atoms with Crippen LogP contribution in [0.15, 0.2) is 52.2 Å². The molecule has 0 bridgehead atoms. The maximum absolute atomic E-state index is 12.3. The number of carbonyl (C=O) groups excluding carboxylic acids is 1. The van der Waals surface area contributed by atoms with Crippen LogP contribution in [0.25, 0.3) is 11.4 Å². The molecule has 0 spiro atoms. The zero-order chi connectivity index (χ0) is 20.1. The molecule has 2 heterocycles. The fourth-order valence-electron chi connectivity index (χ4n) is 2.75. The second-order valence-electron chi connectivity index (χ2n) is 7.34. The van der Waals surface area contributed by atoms with E-state index in [2.05, 4.69) is 34.6 Å². The summed E-state index contributed by atoms with van der Waals surface area (Å²) in [7, 11) is 0. The molecule has 0 saturated carbocycles. The van der Waals surface area contributed by atoms with Crippen molar-refractivity contribution in [1.29, 1.82) is 0 Å². The summed E-state index contributed by atoms with van der Waals surface area (Å²) in [5, 5.41) is 12.5. The minimum absolute atomic E-state index is 0.00727. The van der Waals surface area contributed by atoms with Crippen LogP contribution in [0.4, 0.5) is 0 Å². The first-order chi connectivity index (χ1) is 13.4. The van der Waals surface area contributed by atoms with Gasteiger partial charge >= 0.3 is 0 Å². The Morgan fingerprint density at radius 3 is 2.61 bits per heavy atom. The molecule has 0 aliphatic carbocycles. The quantitative estimate of drug-likeness (QED) is 0.573. The van der Waals surface area contributed by atoms with Gasteiger partial charge in [0.25, 0.3) is 0 Å². The van der Waals surface area contributed by atoms with Crippen LogP contribution in [0, 0.1) is 6.92 Å². The van der Waals surface area contributed by atoms with E-state index in [1.54, 1.807) is 6.26 Å². The second-order valence-corrected chi connectivity index (χ2v) is 8.29. The maximum atomic E-state index is 12.3. The van der Waals surface area contributed by atoms with Gasteiger partial charge in [0.05, 0.1) is 24.1 Å². The smallest absolute Gasteiger partial charge is 0.230 e. The van der Waals surface area contributed by atoms with Gasteiger partial charge in [-0.25, -0.2) is 0 Å². The van der Waals surface area contributed by atoms with E-state index >= 15 is 0 Å². The molecule has 0 fully saturated rings. The highest BCUT2D eigenvalue weighted by molar-refractivity contribution is 7.99. The summed E-state index contributed by atoms with van der Waals surface area (Å²) in [5.41, 5.74) is 1.84. The Hall–Kier alpha value is -2.54. The maximum Gasteiger partial charge on any atom is 0.230 e. The number of aryl methyl sites for hydroxylation is 1. The molecule has 2 aromatic heterocycles. The molecule has 3 rings (SSSR count). The number of furan rings is 1. The zero-order valence-electron chi connectivity index (χ0n) is 16.7. The number of nitrogens with zero attached hydrogens (tertiary/aromatic N) is 3. The summed E-state index contributed by atoms with van der Waals surface area (Å²) in [6.07, 6.45) is 2.52. The van der Waals surface area contributed by atoms with Crippen molar-refractivity contribution >= 4 is 17.7 Å². The molecule has 7 heteroatoms. The van der Waals surface area contributed by atoms with Gasteiger partial charge in [-0.1, -0.05) is 49.0 Å². The summed E-state index contributed by atoms with van der Waals surface area (Å²) < 4.78 is 7.48. The molecule has 0 aliphatic heterocycles. The van der Waals surface area contributed by atoms with E-state index in [4.69, 9.17) is 4.42 Å². The van der Waals surface area contributed by atoms with E-state index in [1.165, 1.54) is 11.8 Å². The highest BCUT2D eigenvalue weighted by atomic mass is 32.2. The minimum Gasteiger partial charge on any atom is -0.469 e. The van der Waals surface area contributed by atoms with Gasteiger partial charge in [-0.3, -0.25) is 9.36 Å². The number of benzene rings is 1. The van der Waals surface area contributed by atoms with Crippen LogP contribution in [0.2, 0.25) is 0 Å². The molecule has 0 unspecified atom stereocenters. The first-order valence-electron chi connectivity index (χ1n) is 9.35. The Balaban J connectivity index is 1.83. The van der Waals surface area contributed by atoms with Crippen molar-refractivity contribution in [2.45, 2.75) is 51.4 Å². The van der Waals surface area contributed by atoms with Gasteiger partial charge in [-0.05, 0) is 38.8 Å². The van der Waals surface area contributed by atoms with Crippen molar-refractivity contribution in [2.75, 3.05) is 5.75 Å². The van der Waals surface area contributed by atoms with E-state index < -0.39 is 0 Å².